The van der Waals surface area contributed by atoms with E-state index in [0.717, 1.165) is 40.8 Å². The van der Waals surface area contributed by atoms with Crippen molar-refractivity contribution in [3.8, 4) is 0 Å². The maximum absolute atomic E-state index is 12.2. The predicted octanol–water partition coefficient (Wildman–Crippen LogP) is 8.23. The Bertz CT molecular complexity index is 1060. The molecule has 0 heterocycles. The summed E-state index contributed by atoms with van der Waals surface area (Å²) >= 11 is 0. The molecule has 0 aromatic carbocycles. The van der Waals surface area contributed by atoms with E-state index in [1.165, 1.54) is 96.7 Å². The summed E-state index contributed by atoms with van der Waals surface area (Å²) in [7, 11) is -13.4. The average Bonchev–Trinajstić information content (AvgIpc) is 3.00. The highest BCUT2D eigenvalue weighted by atomic mass is 32.3. The van der Waals surface area contributed by atoms with Crippen molar-refractivity contribution in [1.29, 1.82) is 0 Å². The molecular weight excluding hydrogens is 706 g/mol. The molecular formula is C30H56F6N4O7S2. The van der Waals surface area contributed by atoms with Gasteiger partial charge in [-0.2, -0.15) is 26.3 Å². The van der Waals surface area contributed by atoms with Crippen LogP contribution >= 0.6 is 0 Å². The molecule has 49 heavy (non-hydrogen) atoms. The smallest absolute Gasteiger partial charge is 0.444 e. The number of isocyanates is 1. The molecule has 0 aliphatic carbocycles. The van der Waals surface area contributed by atoms with Crippen LogP contribution in [0.15, 0.2) is 4.99 Å². The van der Waals surface area contributed by atoms with E-state index in [1.54, 1.807) is 6.08 Å². The van der Waals surface area contributed by atoms with E-state index < -0.39 is 31.1 Å². The molecule has 0 unspecified atom stereocenters. The molecule has 1 N–H and O–H groups in total. The molecule has 0 saturated heterocycles. The summed E-state index contributed by atoms with van der Waals surface area (Å²) in [5.74, 6) is 0. The molecule has 0 aliphatic rings. The Kier molecular flexibility index (Phi) is 26.9. The van der Waals surface area contributed by atoms with Crippen molar-refractivity contribution in [2.75, 3.05) is 45.9 Å². The number of hydrogen-bond acceptors (Lipinski definition) is 8. The molecule has 292 valence electrons. The number of ether oxygens (including phenoxy) is 1. The maximum Gasteiger partial charge on any atom is 0.480 e. The second-order valence-electron chi connectivity index (χ2n) is 11.8. The van der Waals surface area contributed by atoms with Crippen LogP contribution in [0.25, 0.3) is 4.13 Å². The number of amides is 1. The van der Waals surface area contributed by atoms with Crippen LogP contribution in [-0.4, -0.2) is 90.4 Å². The minimum Gasteiger partial charge on any atom is -0.444 e. The molecule has 1 amide bonds. The highest BCUT2D eigenvalue weighted by molar-refractivity contribution is 8.13. The fraction of sp³-hybridized carbons (Fsp3) is 0.933. The number of alkyl carbamates (subject to hydrolysis) is 1. The SMILES string of the molecule is CCCCCC[N+](CCCCCC)(CCCCCC)CCOC(=O)NCCCCCCN=C=O.O=S(=O)([N-]S(=O)(=O)C(F)(F)F)C(F)(F)F. The number of carbonyl (C=O) groups is 1. The number of hydrogen-bond donors (Lipinski definition) is 1. The number of carbonyl (C=O) groups excluding carboxylic acids is 2. The summed E-state index contributed by atoms with van der Waals surface area (Å²) in [6.45, 7) is 13.1. The zero-order valence-corrected chi connectivity index (χ0v) is 30.7. The molecule has 0 aromatic rings. The van der Waals surface area contributed by atoms with Gasteiger partial charge in [0.1, 0.15) is 13.2 Å². The average molecular weight is 763 g/mol. The number of quaternary nitrogens is 1. The van der Waals surface area contributed by atoms with Crippen LogP contribution in [0.3, 0.4) is 0 Å². The summed E-state index contributed by atoms with van der Waals surface area (Å²) in [5, 5.41) is 2.90. The lowest BCUT2D eigenvalue weighted by atomic mass is 10.1. The minimum atomic E-state index is -6.72. The van der Waals surface area contributed by atoms with Gasteiger partial charge < -0.3 is 18.7 Å². The zero-order chi connectivity index (χ0) is 37.9. The largest absolute Gasteiger partial charge is 0.480 e. The van der Waals surface area contributed by atoms with Crippen molar-refractivity contribution >= 4 is 32.2 Å². The summed E-state index contributed by atoms with van der Waals surface area (Å²) in [5.41, 5.74) is -12.4. The second kappa shape index (κ2) is 26.8. The molecule has 0 aromatic heterocycles. The molecule has 0 bridgehead atoms. The number of rotatable bonds is 27. The molecule has 0 rings (SSSR count). The van der Waals surface area contributed by atoms with Crippen LogP contribution in [0.5, 0.6) is 0 Å². The van der Waals surface area contributed by atoms with E-state index >= 15 is 0 Å². The first-order valence-electron chi connectivity index (χ1n) is 17.0. The standard InChI is InChI=1S/C28H55N3O3.C2F6NO4S2/c1-4-7-10-17-22-31(23-18-11-8-5-2,24-19-12-9-6-3)25-26-34-28(33)30-21-16-14-13-15-20-29-27-32;3-1(4,5)14(10,11)9-15(12,13)2(6,7)8/h4-26H2,1-3H3;/q;-1/p+1. The van der Waals surface area contributed by atoms with E-state index in [-0.39, 0.29) is 6.09 Å². The predicted molar refractivity (Wildman–Crippen MR) is 176 cm³/mol. The third kappa shape index (κ3) is 24.8. The first-order chi connectivity index (χ1) is 22.8. The maximum atomic E-state index is 12.2. The van der Waals surface area contributed by atoms with Crippen LogP contribution in [0.2, 0.25) is 0 Å². The Labute approximate surface area is 288 Å². The van der Waals surface area contributed by atoms with E-state index in [9.17, 15) is 52.8 Å². The van der Waals surface area contributed by atoms with Crippen molar-refractivity contribution in [3.05, 3.63) is 4.13 Å². The number of alkyl halides is 6. The first-order valence-corrected chi connectivity index (χ1v) is 19.9. The van der Waals surface area contributed by atoms with Crippen LogP contribution in [0, 0.1) is 0 Å². The van der Waals surface area contributed by atoms with Crippen molar-refractivity contribution < 1.29 is 62.0 Å². The first kappa shape index (κ1) is 49.2. The van der Waals surface area contributed by atoms with Crippen molar-refractivity contribution in [3.63, 3.8) is 0 Å². The van der Waals surface area contributed by atoms with Crippen LogP contribution in [0.1, 0.15) is 124 Å². The zero-order valence-electron chi connectivity index (χ0n) is 29.0. The van der Waals surface area contributed by atoms with Gasteiger partial charge in [-0.15, -0.1) is 0 Å². The summed E-state index contributed by atoms with van der Waals surface area (Å²) in [4.78, 5) is 25.8. The van der Waals surface area contributed by atoms with Gasteiger partial charge in [-0.25, -0.2) is 31.4 Å². The van der Waals surface area contributed by atoms with Crippen LogP contribution in [-0.2, 0) is 29.6 Å². The highest BCUT2D eigenvalue weighted by Crippen LogP contribution is 2.36. The Balaban J connectivity index is 0. The van der Waals surface area contributed by atoms with Gasteiger partial charge in [-0.1, -0.05) is 72.1 Å². The quantitative estimate of drug-likeness (QED) is 0.0291. The van der Waals surface area contributed by atoms with Crippen molar-refractivity contribution in [1.82, 2.24) is 5.32 Å². The third-order valence-electron chi connectivity index (χ3n) is 7.57. The van der Waals surface area contributed by atoms with Crippen LogP contribution in [0.4, 0.5) is 31.1 Å². The van der Waals surface area contributed by atoms with Gasteiger partial charge >= 0.3 is 17.1 Å². The molecule has 0 fully saturated rings. The fourth-order valence-corrected chi connectivity index (χ4v) is 6.50. The lowest BCUT2D eigenvalue weighted by Gasteiger charge is -2.39. The van der Waals surface area contributed by atoms with Gasteiger partial charge in [0.2, 0.25) is 6.08 Å². The van der Waals surface area contributed by atoms with Gasteiger partial charge in [-0.3, -0.25) is 0 Å². The second-order valence-corrected chi connectivity index (χ2v) is 15.2. The monoisotopic (exact) mass is 762 g/mol. The van der Waals surface area contributed by atoms with Gasteiger partial charge in [0.15, 0.2) is 20.0 Å². The number of nitrogens with one attached hydrogen (secondary N) is 1. The molecule has 0 spiro atoms. The number of aliphatic imine (C=N–C) groups is 1. The normalized spacial score (nSPS) is 12.5. The topological polar surface area (TPSA) is 150 Å². The third-order valence-corrected chi connectivity index (χ3v) is 10.3. The highest BCUT2D eigenvalue weighted by Gasteiger charge is 2.47. The Morgan fingerprint density at radius 2 is 1.08 bits per heavy atom. The van der Waals surface area contributed by atoms with E-state index in [0.29, 0.717) is 19.7 Å². The van der Waals surface area contributed by atoms with E-state index in [4.69, 9.17) is 4.74 Å². The number of nitrogens with zero attached hydrogens (tertiary/aromatic N) is 3. The summed E-state index contributed by atoms with van der Waals surface area (Å²) in [6.07, 6.45) is 20.6. The fourth-order valence-electron chi connectivity index (χ4n) is 4.80. The Morgan fingerprint density at radius 3 is 1.47 bits per heavy atom. The molecule has 0 atom stereocenters. The summed E-state index contributed by atoms with van der Waals surface area (Å²) < 4.78 is 116. The van der Waals surface area contributed by atoms with Gasteiger partial charge in [-0.05, 0) is 51.4 Å². The van der Waals surface area contributed by atoms with Gasteiger partial charge in [0, 0.05) is 6.54 Å². The lowest BCUT2D eigenvalue weighted by Crippen LogP contribution is -2.52. The molecule has 11 nitrogen and oxygen atoms in total. The Morgan fingerprint density at radius 1 is 0.673 bits per heavy atom. The summed E-state index contributed by atoms with van der Waals surface area (Å²) in [6, 6.07) is 0. The number of sulfonamides is 2. The van der Waals surface area contributed by atoms with Gasteiger partial charge in [0.25, 0.3) is 0 Å². The van der Waals surface area contributed by atoms with Gasteiger partial charge in [0.05, 0.1) is 26.2 Å². The van der Waals surface area contributed by atoms with E-state index in [1.807, 2.05) is 0 Å². The Hall–Kier alpha value is -1.95. The molecule has 0 saturated carbocycles. The molecule has 0 radical (unpaired) electrons. The molecule has 19 heteroatoms. The lowest BCUT2D eigenvalue weighted by molar-refractivity contribution is -0.929. The van der Waals surface area contributed by atoms with E-state index in [2.05, 4.69) is 31.1 Å². The number of halogens is 6. The van der Waals surface area contributed by atoms with Crippen molar-refractivity contribution in [2.24, 2.45) is 4.99 Å². The molecule has 0 aliphatic heterocycles. The minimum absolute atomic E-state index is 0.286. The van der Waals surface area contributed by atoms with Crippen molar-refractivity contribution in [2.45, 2.75) is 135 Å². The van der Waals surface area contributed by atoms with Crippen LogP contribution < -0.4 is 5.32 Å². The number of unbranched alkanes of at least 4 members (excludes halogenated alkanes) is 12.